The van der Waals surface area contributed by atoms with E-state index in [2.05, 4.69) is 15.0 Å². The van der Waals surface area contributed by atoms with Crippen LogP contribution in [0.5, 0.6) is 11.6 Å². The van der Waals surface area contributed by atoms with Crippen LogP contribution in [0.2, 0.25) is 0 Å². The van der Waals surface area contributed by atoms with E-state index < -0.39 is 0 Å². The second-order valence-corrected chi connectivity index (χ2v) is 6.91. The Kier molecular flexibility index (Phi) is 3.31. The van der Waals surface area contributed by atoms with Crippen LogP contribution in [0.4, 0.5) is 0 Å². The molecule has 0 radical (unpaired) electrons. The van der Waals surface area contributed by atoms with E-state index >= 15 is 0 Å². The van der Waals surface area contributed by atoms with E-state index in [4.69, 9.17) is 4.74 Å². The number of thiazole rings is 1. The second kappa shape index (κ2) is 5.33. The molecule has 2 aromatic heterocycles. The van der Waals surface area contributed by atoms with Crippen LogP contribution in [-0.2, 0) is 6.42 Å². The number of hydrogen-bond donors (Lipinski definition) is 0. The highest BCUT2D eigenvalue weighted by Crippen LogP contribution is 2.35. The minimum Gasteiger partial charge on any atom is -0.437 e. The van der Waals surface area contributed by atoms with Crippen molar-refractivity contribution >= 4 is 39.2 Å². The third-order valence-electron chi connectivity index (χ3n) is 3.53. The van der Waals surface area contributed by atoms with Gasteiger partial charge in [0, 0.05) is 12.0 Å². The van der Waals surface area contributed by atoms with Gasteiger partial charge < -0.3 is 4.74 Å². The lowest BCUT2D eigenvalue weighted by Crippen LogP contribution is -1.93. The summed E-state index contributed by atoms with van der Waals surface area (Å²) in [5.74, 6) is 1.40. The summed E-state index contributed by atoms with van der Waals surface area (Å²) in [6.07, 6.45) is 4.80. The van der Waals surface area contributed by atoms with E-state index in [0.717, 1.165) is 26.6 Å². The summed E-state index contributed by atoms with van der Waals surface area (Å²) < 4.78 is 7.68. The summed E-state index contributed by atoms with van der Waals surface area (Å²) in [7, 11) is 0. The molecule has 1 aliphatic rings. The largest absolute Gasteiger partial charge is 0.437 e. The lowest BCUT2D eigenvalue weighted by Gasteiger charge is -2.06. The average molecular weight is 329 g/mol. The fourth-order valence-corrected chi connectivity index (χ4v) is 3.92. The van der Waals surface area contributed by atoms with Gasteiger partial charge in [0.1, 0.15) is 16.8 Å². The van der Waals surface area contributed by atoms with Crippen LogP contribution in [-0.4, -0.2) is 27.0 Å². The van der Waals surface area contributed by atoms with E-state index in [1.54, 1.807) is 11.8 Å². The number of thioether (sulfide) groups is 1. The van der Waals surface area contributed by atoms with Gasteiger partial charge >= 0.3 is 0 Å². The van der Waals surface area contributed by atoms with Crippen LogP contribution in [0.1, 0.15) is 22.3 Å². The number of Topliss-reactive ketones (excluding diaryl/α,β-unsaturated/α-hetero) is 1. The number of aromatic nitrogens is 3. The van der Waals surface area contributed by atoms with Crippen molar-refractivity contribution in [2.45, 2.75) is 17.2 Å². The first-order valence-electron chi connectivity index (χ1n) is 6.74. The standard InChI is InChI=1S/C15H11N3O2S2/c1-21-15-18-13-12(22-15)14(17-7-16-13)20-9-3-4-10-8(6-9)2-5-11(10)19/h3-4,6-7H,2,5H2,1H3. The predicted molar refractivity (Wildman–Crippen MR) is 86.2 cm³/mol. The number of nitrogens with zero attached hydrogens (tertiary/aromatic N) is 3. The Morgan fingerprint density at radius 3 is 3.05 bits per heavy atom. The van der Waals surface area contributed by atoms with Gasteiger partial charge in [0.15, 0.2) is 15.8 Å². The molecule has 0 amide bonds. The summed E-state index contributed by atoms with van der Waals surface area (Å²) in [6.45, 7) is 0. The van der Waals surface area contributed by atoms with Crippen LogP contribution >= 0.6 is 23.1 Å². The van der Waals surface area contributed by atoms with Gasteiger partial charge in [0.25, 0.3) is 0 Å². The molecule has 0 saturated carbocycles. The second-order valence-electron chi connectivity index (χ2n) is 4.86. The quantitative estimate of drug-likeness (QED) is 0.682. The summed E-state index contributed by atoms with van der Waals surface area (Å²) in [6, 6.07) is 5.57. The number of ether oxygens (including phenoxy) is 1. The SMILES string of the molecule is CSc1nc2ncnc(Oc3ccc4c(c3)CCC4=O)c2s1. The molecule has 0 spiro atoms. The van der Waals surface area contributed by atoms with Crippen LogP contribution in [0.15, 0.2) is 28.9 Å². The molecule has 22 heavy (non-hydrogen) atoms. The molecule has 7 heteroatoms. The Labute approximate surface area is 134 Å². The van der Waals surface area contributed by atoms with Gasteiger partial charge in [-0.05, 0) is 36.4 Å². The molecule has 0 N–H and O–H groups in total. The van der Waals surface area contributed by atoms with E-state index in [-0.39, 0.29) is 5.78 Å². The number of rotatable bonds is 3. The Hall–Kier alpha value is -1.99. The Bertz CT molecular complexity index is 892. The number of hydrogen-bond acceptors (Lipinski definition) is 7. The first-order valence-corrected chi connectivity index (χ1v) is 8.78. The molecule has 3 aromatic rings. The fraction of sp³-hybridized carbons (Fsp3) is 0.200. The van der Waals surface area contributed by atoms with Crippen molar-refractivity contribution < 1.29 is 9.53 Å². The molecule has 0 bridgehead atoms. The highest BCUT2D eigenvalue weighted by Gasteiger charge is 2.20. The zero-order valence-corrected chi connectivity index (χ0v) is 13.3. The monoisotopic (exact) mass is 329 g/mol. The summed E-state index contributed by atoms with van der Waals surface area (Å²) in [5, 5.41) is 0. The van der Waals surface area contributed by atoms with Crippen molar-refractivity contribution in [2.75, 3.05) is 6.26 Å². The number of benzene rings is 1. The van der Waals surface area contributed by atoms with Gasteiger partial charge in [0.2, 0.25) is 5.88 Å². The van der Waals surface area contributed by atoms with E-state index in [9.17, 15) is 4.79 Å². The normalized spacial score (nSPS) is 13.6. The maximum absolute atomic E-state index is 11.7. The third-order valence-corrected chi connectivity index (χ3v) is 5.54. The van der Waals surface area contributed by atoms with Gasteiger partial charge in [-0.3, -0.25) is 4.79 Å². The van der Waals surface area contributed by atoms with Crippen molar-refractivity contribution in [3.8, 4) is 11.6 Å². The Morgan fingerprint density at radius 2 is 2.18 bits per heavy atom. The van der Waals surface area contributed by atoms with Crippen molar-refractivity contribution in [2.24, 2.45) is 0 Å². The van der Waals surface area contributed by atoms with E-state index in [0.29, 0.717) is 23.7 Å². The summed E-state index contributed by atoms with van der Waals surface area (Å²) >= 11 is 3.09. The maximum atomic E-state index is 11.7. The zero-order chi connectivity index (χ0) is 15.1. The predicted octanol–water partition coefficient (Wildman–Crippen LogP) is 3.73. The van der Waals surface area contributed by atoms with Crippen LogP contribution in [0.25, 0.3) is 10.3 Å². The average Bonchev–Trinajstić information content (AvgIpc) is 3.12. The lowest BCUT2D eigenvalue weighted by atomic mass is 10.1. The Balaban J connectivity index is 1.72. The maximum Gasteiger partial charge on any atom is 0.242 e. The molecule has 5 nitrogen and oxygen atoms in total. The number of fused-ring (bicyclic) bond motifs is 2. The van der Waals surface area contributed by atoms with Gasteiger partial charge in [0.05, 0.1) is 0 Å². The zero-order valence-electron chi connectivity index (χ0n) is 11.7. The number of carbonyl (C=O) groups excluding carboxylic acids is 1. The topological polar surface area (TPSA) is 65.0 Å². The first-order chi connectivity index (χ1) is 10.7. The van der Waals surface area contributed by atoms with Gasteiger partial charge in [-0.2, -0.15) is 0 Å². The first kappa shape index (κ1) is 13.7. The molecule has 2 heterocycles. The molecule has 0 saturated heterocycles. The van der Waals surface area contributed by atoms with Crippen LogP contribution < -0.4 is 4.74 Å². The third kappa shape index (κ3) is 2.26. The number of ketones is 1. The van der Waals surface area contributed by atoms with Crippen molar-refractivity contribution in [3.05, 3.63) is 35.7 Å². The van der Waals surface area contributed by atoms with Gasteiger partial charge in [-0.15, -0.1) is 11.3 Å². The minimum absolute atomic E-state index is 0.207. The fourth-order valence-electron chi connectivity index (χ4n) is 2.48. The molecule has 1 aliphatic carbocycles. The molecule has 110 valence electrons. The molecule has 0 aliphatic heterocycles. The van der Waals surface area contributed by atoms with Crippen molar-refractivity contribution in [3.63, 3.8) is 0 Å². The van der Waals surface area contributed by atoms with Crippen LogP contribution in [0.3, 0.4) is 0 Å². The number of aryl methyl sites for hydroxylation is 1. The summed E-state index contributed by atoms with van der Waals surface area (Å²) in [5.41, 5.74) is 2.50. The Morgan fingerprint density at radius 1 is 1.27 bits per heavy atom. The van der Waals surface area contributed by atoms with Crippen molar-refractivity contribution in [1.29, 1.82) is 0 Å². The number of carbonyl (C=O) groups is 1. The highest BCUT2D eigenvalue weighted by molar-refractivity contribution is 8.00. The van der Waals surface area contributed by atoms with E-state index in [1.165, 1.54) is 17.7 Å². The van der Waals surface area contributed by atoms with Gasteiger partial charge in [-0.25, -0.2) is 15.0 Å². The van der Waals surface area contributed by atoms with Gasteiger partial charge in [-0.1, -0.05) is 11.8 Å². The molecule has 0 atom stereocenters. The molecule has 4 rings (SSSR count). The van der Waals surface area contributed by atoms with E-state index in [1.807, 2.05) is 24.5 Å². The molecular formula is C15H11N3O2S2. The van der Waals surface area contributed by atoms with Crippen LogP contribution in [0, 0.1) is 0 Å². The molecular weight excluding hydrogens is 318 g/mol. The molecule has 1 aromatic carbocycles. The summed E-state index contributed by atoms with van der Waals surface area (Å²) in [4.78, 5) is 24.5. The van der Waals surface area contributed by atoms with Crippen molar-refractivity contribution in [1.82, 2.24) is 15.0 Å². The lowest BCUT2D eigenvalue weighted by molar-refractivity contribution is 0.0994. The molecule has 0 fully saturated rings. The molecule has 0 unspecified atom stereocenters. The minimum atomic E-state index is 0.207. The smallest absolute Gasteiger partial charge is 0.242 e. The highest BCUT2D eigenvalue weighted by atomic mass is 32.2.